The van der Waals surface area contributed by atoms with Crippen LogP contribution in [0.1, 0.15) is 0 Å². The highest BCUT2D eigenvalue weighted by Gasteiger charge is 2.33. The van der Waals surface area contributed by atoms with Gasteiger partial charge in [0.05, 0.1) is 0 Å². The quantitative estimate of drug-likeness (QED) is 0.0560. The maximum atomic E-state index is 14.2. The highest BCUT2D eigenvalue weighted by Crippen LogP contribution is 2.50. The molecule has 47 heavy (non-hydrogen) atoms. The molecule has 0 fully saturated rings. The Bertz CT molecular complexity index is 1720. The van der Waals surface area contributed by atoms with Crippen LogP contribution in [0.3, 0.4) is 0 Å². The van der Waals surface area contributed by atoms with Crippen molar-refractivity contribution >= 4 is 59.0 Å². The minimum Gasteiger partial charge on any atom is -0.399 e. The first-order valence-electron chi connectivity index (χ1n) is 14.6. The number of hydrogen-bond donors (Lipinski definition) is 6. The minimum atomic E-state index is -4.25. The topological polar surface area (TPSA) is 159 Å². The molecule has 0 atom stereocenters. The molecule has 6 aromatic rings. The number of phosphoric ester groups is 1. The van der Waals surface area contributed by atoms with Crippen LogP contribution in [0.15, 0.2) is 146 Å². The summed E-state index contributed by atoms with van der Waals surface area (Å²) in [5.74, 6) is 0.874. The molecular formula is C36H33N6O4P. The molecule has 0 saturated heterocycles. The molecule has 0 aliphatic heterocycles. The highest BCUT2D eigenvalue weighted by molar-refractivity contribution is 7.49. The predicted octanol–water partition coefficient (Wildman–Crippen LogP) is 9.31. The van der Waals surface area contributed by atoms with Gasteiger partial charge in [-0.15, -0.1) is 0 Å². The molecule has 0 aliphatic carbocycles. The monoisotopic (exact) mass is 644 g/mol. The fraction of sp³-hybridized carbons (Fsp3) is 0. The van der Waals surface area contributed by atoms with E-state index in [0.717, 1.165) is 34.1 Å². The number of nitrogens with one attached hydrogen (secondary N) is 3. The second-order valence-electron chi connectivity index (χ2n) is 10.5. The maximum Gasteiger partial charge on any atom is 0.647 e. The normalized spacial score (nSPS) is 10.9. The smallest absolute Gasteiger partial charge is 0.399 e. The number of benzene rings is 6. The van der Waals surface area contributed by atoms with Crippen LogP contribution in [-0.2, 0) is 4.57 Å². The lowest BCUT2D eigenvalue weighted by Crippen LogP contribution is -2.07. The zero-order valence-electron chi connectivity index (χ0n) is 25.2. The molecule has 9 N–H and O–H groups in total. The van der Waals surface area contributed by atoms with E-state index >= 15 is 0 Å². The van der Waals surface area contributed by atoms with E-state index in [2.05, 4.69) is 16.0 Å². The first-order valence-corrected chi connectivity index (χ1v) is 16.1. The number of anilines is 9. The highest BCUT2D eigenvalue weighted by atomic mass is 31.2. The standard InChI is InChI=1S/C36H33N6O4P/c37-25-1-7-28(8-2-25)40-31-13-19-34(20-14-31)44-47(43,45-35-21-15-32(16-22-35)41-29-9-3-26(38)4-10-29)46-36-23-17-33(18-24-36)42-30-11-5-27(39)6-12-30/h1-24,40-42H,37-39H2. The summed E-state index contributed by atoms with van der Waals surface area (Å²) >= 11 is 0. The van der Waals surface area contributed by atoms with Crippen LogP contribution in [0, 0.1) is 0 Å². The largest absolute Gasteiger partial charge is 0.647 e. The molecule has 0 bridgehead atoms. The van der Waals surface area contributed by atoms with Crippen molar-refractivity contribution in [2.45, 2.75) is 0 Å². The van der Waals surface area contributed by atoms with Crippen molar-refractivity contribution in [1.82, 2.24) is 0 Å². The van der Waals surface area contributed by atoms with E-state index in [1.807, 2.05) is 72.8 Å². The molecule has 236 valence electrons. The Morgan fingerprint density at radius 3 is 0.745 bits per heavy atom. The van der Waals surface area contributed by atoms with Crippen LogP contribution in [0.2, 0.25) is 0 Å². The zero-order chi connectivity index (χ0) is 32.6. The lowest BCUT2D eigenvalue weighted by molar-refractivity contribution is 0.298. The van der Waals surface area contributed by atoms with Crippen LogP contribution in [0.4, 0.5) is 51.2 Å². The summed E-state index contributed by atoms with van der Waals surface area (Å²) in [4.78, 5) is 0. The van der Waals surface area contributed by atoms with Crippen molar-refractivity contribution in [2.24, 2.45) is 0 Å². The first kappa shape index (κ1) is 30.8. The molecule has 6 aromatic carbocycles. The second-order valence-corrected chi connectivity index (χ2v) is 12.0. The lowest BCUT2D eigenvalue weighted by atomic mass is 10.2. The Morgan fingerprint density at radius 2 is 0.532 bits per heavy atom. The molecule has 11 heteroatoms. The lowest BCUT2D eigenvalue weighted by Gasteiger charge is -2.20. The van der Waals surface area contributed by atoms with Crippen molar-refractivity contribution < 1.29 is 18.1 Å². The Balaban J connectivity index is 1.18. The van der Waals surface area contributed by atoms with Gasteiger partial charge in [-0.2, -0.15) is 4.57 Å². The van der Waals surface area contributed by atoms with Gasteiger partial charge in [-0.05, 0) is 146 Å². The van der Waals surface area contributed by atoms with Crippen LogP contribution in [0.25, 0.3) is 0 Å². The summed E-state index contributed by atoms with van der Waals surface area (Å²) in [5, 5.41) is 9.85. The first-order chi connectivity index (χ1) is 22.8. The number of rotatable bonds is 12. The average Bonchev–Trinajstić information content (AvgIpc) is 3.07. The van der Waals surface area contributed by atoms with E-state index < -0.39 is 7.82 Å². The molecule has 0 spiro atoms. The third kappa shape index (κ3) is 8.69. The molecule has 0 unspecified atom stereocenters. The number of nitrogens with two attached hydrogens (primary N) is 3. The predicted molar refractivity (Wildman–Crippen MR) is 191 cm³/mol. The Hall–Kier alpha value is -6.25. The zero-order valence-corrected chi connectivity index (χ0v) is 26.1. The fourth-order valence-electron chi connectivity index (χ4n) is 4.44. The van der Waals surface area contributed by atoms with Gasteiger partial charge in [0.15, 0.2) is 0 Å². The molecule has 6 rings (SSSR count). The van der Waals surface area contributed by atoms with Crippen molar-refractivity contribution in [1.29, 1.82) is 0 Å². The molecule has 0 radical (unpaired) electrons. The van der Waals surface area contributed by atoms with Gasteiger partial charge >= 0.3 is 7.82 Å². The third-order valence-corrected chi connectivity index (χ3v) is 8.12. The van der Waals surface area contributed by atoms with Crippen molar-refractivity contribution in [3.8, 4) is 17.2 Å². The summed E-state index contributed by atoms with van der Waals surface area (Å²) in [6.07, 6.45) is 0. The number of phosphoric acid groups is 1. The van der Waals surface area contributed by atoms with E-state index in [1.54, 1.807) is 72.8 Å². The SMILES string of the molecule is Nc1ccc(Nc2ccc(OP(=O)(Oc3ccc(Nc4ccc(N)cc4)cc3)Oc3ccc(Nc4ccc(N)cc4)cc3)cc2)cc1. The summed E-state index contributed by atoms with van der Waals surface area (Å²) < 4.78 is 31.9. The van der Waals surface area contributed by atoms with Gasteiger partial charge in [-0.3, -0.25) is 0 Å². The molecule has 0 aromatic heterocycles. The Morgan fingerprint density at radius 1 is 0.340 bits per heavy atom. The van der Waals surface area contributed by atoms with Gasteiger partial charge in [0.1, 0.15) is 17.2 Å². The van der Waals surface area contributed by atoms with Gasteiger partial charge < -0.3 is 46.7 Å². The van der Waals surface area contributed by atoms with Crippen molar-refractivity contribution in [3.63, 3.8) is 0 Å². The second kappa shape index (κ2) is 13.8. The van der Waals surface area contributed by atoms with Gasteiger partial charge in [0, 0.05) is 51.2 Å². The van der Waals surface area contributed by atoms with E-state index in [9.17, 15) is 4.57 Å². The Kier molecular flexibility index (Phi) is 9.04. The third-order valence-electron chi connectivity index (χ3n) is 6.81. The molecule has 0 heterocycles. The van der Waals surface area contributed by atoms with Crippen LogP contribution >= 0.6 is 7.82 Å². The summed E-state index contributed by atoms with van der Waals surface area (Å²) in [6.45, 7) is 0. The number of hydrogen-bond acceptors (Lipinski definition) is 10. The molecule has 0 saturated carbocycles. The van der Waals surface area contributed by atoms with Crippen LogP contribution in [0.5, 0.6) is 17.2 Å². The summed E-state index contributed by atoms with van der Waals surface area (Å²) in [7, 11) is -4.25. The molecule has 0 amide bonds. The minimum absolute atomic E-state index is 0.291. The Labute approximate surface area is 272 Å². The average molecular weight is 645 g/mol. The molecular weight excluding hydrogens is 611 g/mol. The van der Waals surface area contributed by atoms with E-state index in [1.165, 1.54) is 0 Å². The van der Waals surface area contributed by atoms with Gasteiger partial charge in [-0.25, -0.2) is 0 Å². The fourth-order valence-corrected chi connectivity index (χ4v) is 5.69. The van der Waals surface area contributed by atoms with Gasteiger partial charge in [-0.1, -0.05) is 0 Å². The van der Waals surface area contributed by atoms with Crippen LogP contribution in [-0.4, -0.2) is 0 Å². The van der Waals surface area contributed by atoms with Crippen molar-refractivity contribution in [3.05, 3.63) is 146 Å². The van der Waals surface area contributed by atoms with E-state index in [4.69, 9.17) is 30.8 Å². The van der Waals surface area contributed by atoms with Gasteiger partial charge in [0.25, 0.3) is 0 Å². The van der Waals surface area contributed by atoms with Gasteiger partial charge in [0.2, 0.25) is 0 Å². The summed E-state index contributed by atoms with van der Waals surface area (Å²) in [6, 6.07) is 43.0. The molecule has 10 nitrogen and oxygen atoms in total. The molecule has 0 aliphatic rings. The van der Waals surface area contributed by atoms with Crippen LogP contribution < -0.4 is 46.7 Å². The maximum absolute atomic E-state index is 14.2. The summed E-state index contributed by atoms with van der Waals surface area (Å²) in [5.41, 5.74) is 24.4. The number of nitrogen functional groups attached to an aromatic ring is 3. The van der Waals surface area contributed by atoms with E-state index in [0.29, 0.717) is 34.3 Å². The van der Waals surface area contributed by atoms with Crippen molar-refractivity contribution in [2.75, 3.05) is 33.2 Å². The van der Waals surface area contributed by atoms with E-state index in [-0.39, 0.29) is 0 Å².